The van der Waals surface area contributed by atoms with E-state index < -0.39 is 10.2 Å². The van der Waals surface area contributed by atoms with Crippen LogP contribution in [0.2, 0.25) is 5.02 Å². The number of halogens is 2. The van der Waals surface area contributed by atoms with Crippen molar-refractivity contribution in [3.05, 3.63) is 27.2 Å². The topological polar surface area (TPSA) is 49.4 Å². The fraction of sp³-hybridized carbons (Fsp3) is 0.500. The minimum Gasteiger partial charge on any atom is -0.270 e. The summed E-state index contributed by atoms with van der Waals surface area (Å²) >= 11 is 9.39. The van der Waals surface area contributed by atoms with Crippen LogP contribution in [0.5, 0.6) is 0 Å². The number of aryl methyl sites for hydroxylation is 1. The molecule has 1 saturated heterocycles. The van der Waals surface area contributed by atoms with Gasteiger partial charge in [0, 0.05) is 22.6 Å². The van der Waals surface area contributed by atoms with E-state index in [-0.39, 0.29) is 0 Å². The van der Waals surface area contributed by atoms with Crippen molar-refractivity contribution in [2.75, 3.05) is 17.8 Å². The Morgan fingerprint density at radius 1 is 1.26 bits per heavy atom. The average Bonchev–Trinajstić information content (AvgIpc) is 2.37. The van der Waals surface area contributed by atoms with Crippen LogP contribution in [-0.4, -0.2) is 25.8 Å². The van der Waals surface area contributed by atoms with Gasteiger partial charge in [0.1, 0.15) is 0 Å². The average molecular weight is 368 g/mol. The van der Waals surface area contributed by atoms with Gasteiger partial charge >= 0.3 is 10.2 Å². The highest BCUT2D eigenvalue weighted by atomic mass is 79.9. The lowest BCUT2D eigenvalue weighted by Gasteiger charge is -2.26. The first-order valence-electron chi connectivity index (χ1n) is 6.14. The molecule has 1 heterocycles. The molecule has 0 unspecified atom stereocenters. The second-order valence-corrected chi connectivity index (χ2v) is 7.58. The summed E-state index contributed by atoms with van der Waals surface area (Å²) in [6.45, 7) is 3.02. The van der Waals surface area contributed by atoms with E-state index >= 15 is 0 Å². The predicted octanol–water partition coefficient (Wildman–Crippen LogP) is 3.55. The van der Waals surface area contributed by atoms with Gasteiger partial charge in [0.25, 0.3) is 0 Å². The molecular weight excluding hydrogens is 352 g/mol. The zero-order valence-electron chi connectivity index (χ0n) is 10.6. The second-order valence-electron chi connectivity index (χ2n) is 4.65. The Balaban J connectivity index is 2.22. The number of nitrogens with zero attached hydrogens (tertiary/aromatic N) is 1. The van der Waals surface area contributed by atoms with E-state index in [0.29, 0.717) is 28.3 Å². The molecule has 1 aliphatic rings. The first-order chi connectivity index (χ1) is 8.90. The molecule has 1 aliphatic heterocycles. The van der Waals surface area contributed by atoms with Gasteiger partial charge in [-0.15, -0.1) is 0 Å². The van der Waals surface area contributed by atoms with Crippen molar-refractivity contribution in [1.82, 2.24) is 4.31 Å². The molecule has 1 fully saturated rings. The highest BCUT2D eigenvalue weighted by Gasteiger charge is 2.24. The van der Waals surface area contributed by atoms with Crippen LogP contribution in [-0.2, 0) is 10.2 Å². The summed E-state index contributed by atoms with van der Waals surface area (Å²) in [5.41, 5.74) is 1.37. The Morgan fingerprint density at radius 3 is 2.53 bits per heavy atom. The Hall–Kier alpha value is -0.300. The summed E-state index contributed by atoms with van der Waals surface area (Å²) in [6, 6.07) is 3.43. The summed E-state index contributed by atoms with van der Waals surface area (Å²) in [7, 11) is -3.49. The zero-order valence-corrected chi connectivity index (χ0v) is 13.8. The molecule has 1 N–H and O–H groups in total. The van der Waals surface area contributed by atoms with Crippen molar-refractivity contribution in [2.24, 2.45) is 0 Å². The van der Waals surface area contributed by atoms with Gasteiger partial charge in [-0.25, -0.2) is 0 Å². The molecule has 0 aromatic heterocycles. The molecule has 0 radical (unpaired) electrons. The van der Waals surface area contributed by atoms with Gasteiger partial charge in [-0.2, -0.15) is 12.7 Å². The number of hydrogen-bond acceptors (Lipinski definition) is 2. The van der Waals surface area contributed by atoms with E-state index in [2.05, 4.69) is 20.7 Å². The minimum atomic E-state index is -3.49. The SMILES string of the molecule is Cc1cc(Br)c(NS(=O)(=O)N2CCCCC2)cc1Cl. The van der Waals surface area contributed by atoms with Crippen molar-refractivity contribution in [3.8, 4) is 0 Å². The number of piperidine rings is 1. The lowest BCUT2D eigenvalue weighted by Crippen LogP contribution is -2.39. The van der Waals surface area contributed by atoms with Crippen LogP contribution in [0.25, 0.3) is 0 Å². The quantitative estimate of drug-likeness (QED) is 0.888. The normalized spacial score (nSPS) is 17.4. The number of benzene rings is 1. The fourth-order valence-electron chi connectivity index (χ4n) is 2.03. The molecule has 0 spiro atoms. The molecule has 0 bridgehead atoms. The highest BCUT2D eigenvalue weighted by molar-refractivity contribution is 9.10. The third-order valence-corrected chi connectivity index (χ3v) is 5.73. The van der Waals surface area contributed by atoms with Crippen LogP contribution in [0.3, 0.4) is 0 Å². The minimum absolute atomic E-state index is 0.473. The van der Waals surface area contributed by atoms with E-state index in [9.17, 15) is 8.42 Å². The van der Waals surface area contributed by atoms with Gasteiger partial charge in [0.15, 0.2) is 0 Å². The smallest absolute Gasteiger partial charge is 0.270 e. The van der Waals surface area contributed by atoms with Gasteiger partial charge in [0.2, 0.25) is 0 Å². The Bertz CT molecular complexity index is 571. The van der Waals surface area contributed by atoms with Crippen LogP contribution in [0.1, 0.15) is 24.8 Å². The van der Waals surface area contributed by atoms with E-state index in [1.54, 1.807) is 12.1 Å². The molecule has 0 atom stereocenters. The van der Waals surface area contributed by atoms with Crippen LogP contribution in [0.4, 0.5) is 5.69 Å². The maximum absolute atomic E-state index is 12.3. The number of anilines is 1. The number of hydrogen-bond donors (Lipinski definition) is 1. The summed E-state index contributed by atoms with van der Waals surface area (Å²) in [5, 5.41) is 0.541. The first-order valence-corrected chi connectivity index (χ1v) is 8.75. The standard InChI is InChI=1S/C12H16BrClN2O2S/c1-9-7-10(13)12(8-11(9)14)15-19(17,18)16-5-3-2-4-6-16/h7-8,15H,2-6H2,1H3. The summed E-state index contributed by atoms with van der Waals surface area (Å²) < 4.78 is 29.3. The maximum atomic E-state index is 12.3. The van der Waals surface area contributed by atoms with Gasteiger partial charge in [0.05, 0.1) is 5.69 Å². The van der Waals surface area contributed by atoms with Crippen LogP contribution in [0, 0.1) is 6.92 Å². The largest absolute Gasteiger partial charge is 0.301 e. The Morgan fingerprint density at radius 2 is 1.89 bits per heavy atom. The van der Waals surface area contributed by atoms with Crippen molar-refractivity contribution in [3.63, 3.8) is 0 Å². The van der Waals surface area contributed by atoms with Crippen molar-refractivity contribution < 1.29 is 8.42 Å². The van der Waals surface area contributed by atoms with Crippen molar-refractivity contribution >= 4 is 43.4 Å². The summed E-state index contributed by atoms with van der Waals surface area (Å²) in [6.07, 6.45) is 2.92. The number of nitrogens with one attached hydrogen (secondary N) is 1. The van der Waals surface area contributed by atoms with Crippen LogP contribution in [0.15, 0.2) is 16.6 Å². The molecule has 19 heavy (non-hydrogen) atoms. The number of rotatable bonds is 3. The predicted molar refractivity (Wildman–Crippen MR) is 81.9 cm³/mol. The van der Waals surface area contributed by atoms with E-state index in [1.807, 2.05) is 6.92 Å². The Labute approximate surface area is 127 Å². The van der Waals surface area contributed by atoms with E-state index in [4.69, 9.17) is 11.6 Å². The maximum Gasteiger partial charge on any atom is 0.301 e. The third-order valence-electron chi connectivity index (χ3n) is 3.14. The Kier molecular flexibility index (Phi) is 4.76. The van der Waals surface area contributed by atoms with E-state index in [0.717, 1.165) is 24.8 Å². The van der Waals surface area contributed by atoms with Crippen molar-refractivity contribution in [1.29, 1.82) is 0 Å². The lowest BCUT2D eigenvalue weighted by atomic mass is 10.2. The summed E-state index contributed by atoms with van der Waals surface area (Å²) in [4.78, 5) is 0. The molecule has 4 nitrogen and oxygen atoms in total. The first kappa shape index (κ1) is 15.1. The molecular formula is C12H16BrClN2O2S. The van der Waals surface area contributed by atoms with Crippen LogP contribution >= 0.6 is 27.5 Å². The zero-order chi connectivity index (χ0) is 14.0. The van der Waals surface area contributed by atoms with Gasteiger partial charge in [-0.1, -0.05) is 18.0 Å². The molecule has 0 saturated carbocycles. The molecule has 2 rings (SSSR count). The molecule has 1 aromatic carbocycles. The summed E-state index contributed by atoms with van der Waals surface area (Å²) in [5.74, 6) is 0. The monoisotopic (exact) mass is 366 g/mol. The lowest BCUT2D eigenvalue weighted by molar-refractivity contribution is 0.349. The van der Waals surface area contributed by atoms with Gasteiger partial charge in [-0.05, 0) is 53.4 Å². The van der Waals surface area contributed by atoms with Gasteiger partial charge < -0.3 is 0 Å². The van der Waals surface area contributed by atoms with Crippen molar-refractivity contribution in [2.45, 2.75) is 26.2 Å². The molecule has 0 amide bonds. The van der Waals surface area contributed by atoms with Crippen LogP contribution < -0.4 is 4.72 Å². The van der Waals surface area contributed by atoms with E-state index in [1.165, 1.54) is 4.31 Å². The highest BCUT2D eigenvalue weighted by Crippen LogP contribution is 2.30. The fourth-order valence-corrected chi connectivity index (χ4v) is 4.20. The van der Waals surface area contributed by atoms with Gasteiger partial charge in [-0.3, -0.25) is 4.72 Å². The molecule has 7 heteroatoms. The molecule has 106 valence electrons. The molecule has 1 aromatic rings. The molecule has 0 aliphatic carbocycles. The third kappa shape index (κ3) is 3.62. The second kappa shape index (κ2) is 5.99.